The molecule has 1 heterocycles. The number of carbonyl (C=O) groups is 4. The van der Waals surface area contributed by atoms with Gasteiger partial charge in [-0.15, -0.1) is 0 Å². The van der Waals surface area contributed by atoms with Crippen LogP contribution in [0.3, 0.4) is 0 Å². The molecule has 0 spiro atoms. The fourth-order valence-corrected chi connectivity index (χ4v) is 4.19. The van der Waals surface area contributed by atoms with Gasteiger partial charge in [0, 0.05) is 23.5 Å². The Morgan fingerprint density at radius 3 is 2.31 bits per heavy atom. The predicted molar refractivity (Wildman–Crippen MR) is 137 cm³/mol. The van der Waals surface area contributed by atoms with E-state index in [0.29, 0.717) is 12.2 Å². The van der Waals surface area contributed by atoms with E-state index in [2.05, 4.69) is 20.9 Å². The minimum Gasteiger partial charge on any atom is -0.480 e. The van der Waals surface area contributed by atoms with Crippen LogP contribution in [0.2, 0.25) is 0 Å². The third-order valence-electron chi connectivity index (χ3n) is 5.50. The number of benzene rings is 1. The summed E-state index contributed by atoms with van der Waals surface area (Å²) >= 11 is 1.48. The first-order valence-electron chi connectivity index (χ1n) is 11.5. The Bertz CT molecular complexity index is 1020. The number of aliphatic carboxylic acids is 1. The highest BCUT2D eigenvalue weighted by Gasteiger charge is 2.30. The van der Waals surface area contributed by atoms with E-state index < -0.39 is 41.8 Å². The van der Waals surface area contributed by atoms with E-state index in [4.69, 9.17) is 5.73 Å². The Morgan fingerprint density at radius 2 is 1.69 bits per heavy atom. The van der Waals surface area contributed by atoms with Crippen molar-refractivity contribution in [2.75, 3.05) is 18.6 Å². The lowest BCUT2D eigenvalue weighted by Gasteiger charge is -2.25. The molecule has 11 heteroatoms. The van der Waals surface area contributed by atoms with Crippen molar-refractivity contribution in [2.24, 2.45) is 11.7 Å². The quantitative estimate of drug-likeness (QED) is 0.223. The Hall–Kier alpha value is -3.05. The second kappa shape index (κ2) is 13.7. The molecule has 3 atom stereocenters. The normalized spacial score (nSPS) is 13.7. The third-order valence-corrected chi connectivity index (χ3v) is 6.15. The minimum absolute atomic E-state index is 0.0904. The van der Waals surface area contributed by atoms with E-state index in [1.807, 2.05) is 44.4 Å². The molecular formula is C24H35N5O5S. The van der Waals surface area contributed by atoms with Crippen LogP contribution in [-0.4, -0.2) is 70.5 Å². The van der Waals surface area contributed by atoms with E-state index in [1.165, 1.54) is 11.8 Å². The van der Waals surface area contributed by atoms with Crippen LogP contribution >= 0.6 is 11.8 Å². The van der Waals surface area contributed by atoms with Gasteiger partial charge in [-0.1, -0.05) is 32.0 Å². The molecule has 2 aromatic rings. The number of nitrogens with two attached hydrogens (primary N) is 1. The highest BCUT2D eigenvalue weighted by Crippen LogP contribution is 2.19. The summed E-state index contributed by atoms with van der Waals surface area (Å²) in [6.45, 7) is 3.55. The number of H-pyrrole nitrogens is 1. The number of aromatic nitrogens is 1. The van der Waals surface area contributed by atoms with Gasteiger partial charge >= 0.3 is 5.97 Å². The number of fused-ring (bicyclic) bond motifs is 1. The van der Waals surface area contributed by atoms with E-state index >= 15 is 0 Å². The predicted octanol–water partition coefficient (Wildman–Crippen LogP) is 1.01. The average Bonchev–Trinajstić information content (AvgIpc) is 3.22. The van der Waals surface area contributed by atoms with E-state index in [0.717, 1.165) is 16.5 Å². The van der Waals surface area contributed by atoms with Crippen LogP contribution in [-0.2, 0) is 25.6 Å². The highest BCUT2D eigenvalue weighted by atomic mass is 32.2. The van der Waals surface area contributed by atoms with Crippen molar-refractivity contribution in [2.45, 2.75) is 51.2 Å². The summed E-state index contributed by atoms with van der Waals surface area (Å²) in [6.07, 6.45) is 4.35. The first kappa shape index (κ1) is 28.2. The molecule has 0 aliphatic rings. The number of carbonyl (C=O) groups excluding carboxylic acids is 3. The number of hydrogen-bond donors (Lipinski definition) is 6. The number of rotatable bonds is 14. The SMILES string of the molecule is CSCCC(NC(=O)C(Cc1c[nH]c2ccccc12)NC(=O)C(CC(C)C)NC(=O)CN)C(=O)O. The first-order chi connectivity index (χ1) is 16.7. The molecule has 0 saturated heterocycles. The smallest absolute Gasteiger partial charge is 0.326 e. The van der Waals surface area contributed by atoms with Gasteiger partial charge in [0.1, 0.15) is 18.1 Å². The average molecular weight is 506 g/mol. The summed E-state index contributed by atoms with van der Waals surface area (Å²) in [5.41, 5.74) is 7.07. The van der Waals surface area contributed by atoms with Crippen molar-refractivity contribution in [1.29, 1.82) is 0 Å². The van der Waals surface area contributed by atoms with Crippen molar-refractivity contribution < 1.29 is 24.3 Å². The summed E-state index contributed by atoms with van der Waals surface area (Å²) in [7, 11) is 0. The summed E-state index contributed by atoms with van der Waals surface area (Å²) in [5.74, 6) is -2.11. The number of carboxylic acids is 1. The molecule has 0 saturated carbocycles. The molecule has 3 unspecified atom stereocenters. The lowest BCUT2D eigenvalue weighted by Crippen LogP contribution is -2.57. The molecule has 192 valence electrons. The summed E-state index contributed by atoms with van der Waals surface area (Å²) < 4.78 is 0. The molecule has 0 fully saturated rings. The van der Waals surface area contributed by atoms with Crippen LogP contribution in [0, 0.1) is 5.92 Å². The molecule has 0 aliphatic heterocycles. The van der Waals surface area contributed by atoms with Gasteiger partial charge in [0.25, 0.3) is 0 Å². The number of carboxylic acid groups (broad SMARTS) is 1. The molecule has 10 nitrogen and oxygen atoms in total. The second-order valence-corrected chi connectivity index (χ2v) is 9.75. The van der Waals surface area contributed by atoms with Crippen LogP contribution in [0.15, 0.2) is 30.5 Å². The zero-order chi connectivity index (χ0) is 26.0. The zero-order valence-electron chi connectivity index (χ0n) is 20.3. The molecule has 0 aliphatic carbocycles. The van der Waals surface area contributed by atoms with Gasteiger partial charge in [0.15, 0.2) is 0 Å². The summed E-state index contributed by atoms with van der Waals surface area (Å²) in [5, 5.41) is 18.4. The Morgan fingerprint density at radius 1 is 1.03 bits per heavy atom. The Kier molecular flexibility index (Phi) is 11.1. The molecule has 3 amide bonds. The molecule has 1 aromatic heterocycles. The van der Waals surface area contributed by atoms with Gasteiger partial charge < -0.3 is 31.8 Å². The van der Waals surface area contributed by atoms with E-state index in [9.17, 15) is 24.3 Å². The van der Waals surface area contributed by atoms with Gasteiger partial charge in [0.2, 0.25) is 17.7 Å². The number of hydrogen-bond acceptors (Lipinski definition) is 6. The maximum atomic E-state index is 13.2. The molecule has 0 radical (unpaired) electrons. The molecular weight excluding hydrogens is 470 g/mol. The van der Waals surface area contributed by atoms with Crippen molar-refractivity contribution >= 4 is 46.4 Å². The number of thioether (sulfide) groups is 1. The first-order valence-corrected chi connectivity index (χ1v) is 12.9. The summed E-state index contributed by atoms with van der Waals surface area (Å²) in [6, 6.07) is 4.54. The second-order valence-electron chi connectivity index (χ2n) is 8.76. The molecule has 7 N–H and O–H groups in total. The van der Waals surface area contributed by atoms with Crippen molar-refractivity contribution in [3.05, 3.63) is 36.0 Å². The maximum absolute atomic E-state index is 13.2. The Labute approximate surface area is 209 Å². The number of para-hydroxylation sites is 1. The van der Waals surface area contributed by atoms with Crippen LogP contribution in [0.4, 0.5) is 0 Å². The molecule has 0 bridgehead atoms. The lowest BCUT2D eigenvalue weighted by molar-refractivity contribution is -0.142. The standard InChI is InChI=1S/C24H35N5O5S/c1-14(2)10-19(27-21(30)12-25)22(31)29-20(23(32)28-18(24(33)34)8-9-35-3)11-15-13-26-17-7-5-4-6-16(15)17/h4-7,13-14,18-20,26H,8-12,25H2,1-3H3,(H,27,30)(H,28,32)(H,29,31)(H,33,34). The van der Waals surface area contributed by atoms with E-state index in [-0.39, 0.29) is 25.3 Å². The monoisotopic (exact) mass is 505 g/mol. The van der Waals surface area contributed by atoms with Crippen LogP contribution in [0.25, 0.3) is 10.9 Å². The topological polar surface area (TPSA) is 166 Å². The third kappa shape index (κ3) is 8.59. The fraction of sp³-hybridized carbons (Fsp3) is 0.500. The minimum atomic E-state index is -1.14. The van der Waals surface area contributed by atoms with Gasteiger partial charge in [0.05, 0.1) is 6.54 Å². The van der Waals surface area contributed by atoms with Crippen molar-refractivity contribution in [3.8, 4) is 0 Å². The van der Waals surface area contributed by atoms with Crippen LogP contribution in [0.5, 0.6) is 0 Å². The van der Waals surface area contributed by atoms with Crippen LogP contribution < -0.4 is 21.7 Å². The van der Waals surface area contributed by atoms with Gasteiger partial charge in [-0.2, -0.15) is 11.8 Å². The van der Waals surface area contributed by atoms with Gasteiger partial charge in [-0.05, 0) is 42.4 Å². The fourth-order valence-electron chi connectivity index (χ4n) is 3.72. The number of nitrogens with one attached hydrogen (secondary N) is 4. The summed E-state index contributed by atoms with van der Waals surface area (Å²) in [4.78, 5) is 53.1. The van der Waals surface area contributed by atoms with Gasteiger partial charge in [-0.3, -0.25) is 14.4 Å². The lowest BCUT2D eigenvalue weighted by atomic mass is 10.0. The zero-order valence-corrected chi connectivity index (χ0v) is 21.1. The largest absolute Gasteiger partial charge is 0.480 e. The van der Waals surface area contributed by atoms with E-state index in [1.54, 1.807) is 6.20 Å². The van der Waals surface area contributed by atoms with Crippen molar-refractivity contribution in [1.82, 2.24) is 20.9 Å². The Balaban J connectivity index is 2.30. The number of aromatic amines is 1. The van der Waals surface area contributed by atoms with Crippen molar-refractivity contribution in [3.63, 3.8) is 0 Å². The van der Waals surface area contributed by atoms with Crippen LogP contribution in [0.1, 0.15) is 32.3 Å². The number of amides is 3. The molecule has 1 aromatic carbocycles. The molecule has 35 heavy (non-hydrogen) atoms. The maximum Gasteiger partial charge on any atom is 0.326 e. The highest BCUT2D eigenvalue weighted by molar-refractivity contribution is 7.98. The van der Waals surface area contributed by atoms with Gasteiger partial charge in [-0.25, -0.2) is 4.79 Å². The molecule has 2 rings (SSSR count).